The van der Waals surface area contributed by atoms with E-state index in [1.54, 1.807) is 9.80 Å². The first-order valence-corrected chi connectivity index (χ1v) is 12.9. The fraction of sp³-hybridized carbons (Fsp3) is 0.414. The number of carbonyl (C=O) groups excluding carboxylic acids is 3. The van der Waals surface area contributed by atoms with Crippen molar-refractivity contribution in [3.05, 3.63) is 82.1 Å². The second-order valence-electron chi connectivity index (χ2n) is 10.0. The van der Waals surface area contributed by atoms with Gasteiger partial charge in [-0.05, 0) is 50.3 Å². The fourth-order valence-corrected chi connectivity index (χ4v) is 5.80. The standard InChI is InChI=1S/C29H34N4O3/c1-4-32-24-18-33(23(17-21-10-6-5-7-11-21)27(34)31-14-8-9-15-31)28(35)25(24)26(30-29(32)36)22-13-12-19(2)16-20(22)3/h5-7,10-13,16,23,26H,4,8-9,14-15,17-18H2,1-3H3,(H,30,36)/t23-,26-/m1/s1. The van der Waals surface area contributed by atoms with E-state index in [0.29, 0.717) is 24.2 Å². The third-order valence-corrected chi connectivity index (χ3v) is 7.65. The quantitative estimate of drug-likeness (QED) is 0.677. The minimum atomic E-state index is -0.614. The van der Waals surface area contributed by atoms with Crippen LogP contribution in [-0.4, -0.2) is 64.8 Å². The van der Waals surface area contributed by atoms with Crippen molar-refractivity contribution in [2.45, 2.75) is 52.1 Å². The summed E-state index contributed by atoms with van der Waals surface area (Å²) >= 11 is 0. The number of urea groups is 1. The molecule has 0 aliphatic carbocycles. The van der Waals surface area contributed by atoms with Gasteiger partial charge in [0.1, 0.15) is 6.04 Å². The second-order valence-corrected chi connectivity index (χ2v) is 10.0. The molecule has 7 heteroatoms. The van der Waals surface area contributed by atoms with Crippen molar-refractivity contribution in [2.24, 2.45) is 0 Å². The Morgan fingerprint density at radius 3 is 2.44 bits per heavy atom. The first-order chi connectivity index (χ1) is 17.4. The number of nitrogens with zero attached hydrogens (tertiary/aromatic N) is 3. The fourth-order valence-electron chi connectivity index (χ4n) is 5.80. The summed E-state index contributed by atoms with van der Waals surface area (Å²) in [5.41, 5.74) is 5.37. The second kappa shape index (κ2) is 9.80. The van der Waals surface area contributed by atoms with Crippen LogP contribution in [0, 0.1) is 13.8 Å². The molecule has 3 aliphatic rings. The number of nitrogens with one attached hydrogen (secondary N) is 1. The zero-order valence-corrected chi connectivity index (χ0v) is 21.3. The number of rotatable bonds is 6. The molecule has 0 aromatic heterocycles. The molecule has 0 spiro atoms. The zero-order valence-electron chi connectivity index (χ0n) is 21.3. The molecule has 0 radical (unpaired) electrons. The highest BCUT2D eigenvalue weighted by Gasteiger charge is 2.47. The van der Waals surface area contributed by atoms with Crippen molar-refractivity contribution in [3.63, 3.8) is 0 Å². The van der Waals surface area contributed by atoms with Crippen molar-refractivity contribution in [1.82, 2.24) is 20.0 Å². The molecule has 1 N–H and O–H groups in total. The van der Waals surface area contributed by atoms with E-state index in [4.69, 9.17) is 0 Å². The minimum absolute atomic E-state index is 0.00468. The van der Waals surface area contributed by atoms with Gasteiger partial charge in [-0.25, -0.2) is 4.79 Å². The van der Waals surface area contributed by atoms with Crippen LogP contribution in [0.5, 0.6) is 0 Å². The molecule has 1 saturated heterocycles. The lowest BCUT2D eigenvalue weighted by Crippen LogP contribution is -2.50. The smallest absolute Gasteiger partial charge is 0.322 e. The van der Waals surface area contributed by atoms with Gasteiger partial charge in [-0.1, -0.05) is 54.1 Å². The maximum Gasteiger partial charge on any atom is 0.322 e. The highest BCUT2D eigenvalue weighted by atomic mass is 16.2. The van der Waals surface area contributed by atoms with Crippen LogP contribution in [0.4, 0.5) is 4.79 Å². The molecule has 188 valence electrons. The van der Waals surface area contributed by atoms with E-state index in [1.807, 2.05) is 68.1 Å². The van der Waals surface area contributed by atoms with Gasteiger partial charge in [-0.2, -0.15) is 0 Å². The molecule has 0 bridgehead atoms. The van der Waals surface area contributed by atoms with Crippen LogP contribution in [0.25, 0.3) is 0 Å². The molecule has 36 heavy (non-hydrogen) atoms. The number of benzene rings is 2. The maximum atomic E-state index is 14.1. The van der Waals surface area contributed by atoms with Crippen molar-refractivity contribution < 1.29 is 14.4 Å². The Balaban J connectivity index is 1.54. The highest BCUT2D eigenvalue weighted by Crippen LogP contribution is 2.38. The Hall–Kier alpha value is -3.61. The average Bonchev–Trinajstić information content (AvgIpc) is 3.51. The SMILES string of the molecule is CCN1C(=O)N[C@H](c2ccc(C)cc2C)C2=C1CN([C@H](Cc1ccccc1)C(=O)N1CCCC1)C2=O. The molecule has 0 unspecified atom stereocenters. The number of amides is 4. The third kappa shape index (κ3) is 4.27. The first kappa shape index (κ1) is 24.1. The Labute approximate surface area is 212 Å². The summed E-state index contributed by atoms with van der Waals surface area (Å²) < 4.78 is 0. The van der Waals surface area contributed by atoms with Gasteiger partial charge >= 0.3 is 6.03 Å². The van der Waals surface area contributed by atoms with Crippen LogP contribution in [-0.2, 0) is 16.0 Å². The van der Waals surface area contributed by atoms with Crippen LogP contribution in [0.15, 0.2) is 59.8 Å². The summed E-state index contributed by atoms with van der Waals surface area (Å²) in [5.74, 6) is -0.170. The van der Waals surface area contributed by atoms with Crippen molar-refractivity contribution >= 4 is 17.8 Å². The minimum Gasteiger partial charge on any atom is -0.341 e. The van der Waals surface area contributed by atoms with Crippen LogP contribution >= 0.6 is 0 Å². The average molecular weight is 487 g/mol. The Morgan fingerprint density at radius 1 is 1.06 bits per heavy atom. The molecule has 2 aromatic rings. The molecule has 2 atom stereocenters. The molecule has 2 aromatic carbocycles. The number of aryl methyl sites for hydroxylation is 2. The van der Waals surface area contributed by atoms with Gasteiger partial charge in [0.2, 0.25) is 5.91 Å². The predicted molar refractivity (Wildman–Crippen MR) is 138 cm³/mol. The van der Waals surface area contributed by atoms with Crippen molar-refractivity contribution in [3.8, 4) is 0 Å². The largest absolute Gasteiger partial charge is 0.341 e. The summed E-state index contributed by atoms with van der Waals surface area (Å²) in [6.07, 6.45) is 2.43. The summed E-state index contributed by atoms with van der Waals surface area (Å²) in [6, 6.07) is 14.6. The normalized spacial score (nSPS) is 20.6. The lowest BCUT2D eigenvalue weighted by molar-refractivity contribution is -0.142. The molecule has 7 nitrogen and oxygen atoms in total. The molecule has 5 rings (SSSR count). The van der Waals surface area contributed by atoms with Crippen molar-refractivity contribution in [1.29, 1.82) is 0 Å². The monoisotopic (exact) mass is 486 g/mol. The van der Waals surface area contributed by atoms with Gasteiger partial charge < -0.3 is 15.1 Å². The van der Waals surface area contributed by atoms with Crippen LogP contribution in [0.2, 0.25) is 0 Å². The first-order valence-electron chi connectivity index (χ1n) is 12.9. The molecule has 4 amide bonds. The summed E-state index contributed by atoms with van der Waals surface area (Å²) in [7, 11) is 0. The highest BCUT2D eigenvalue weighted by molar-refractivity contribution is 6.03. The molecule has 1 fully saturated rings. The summed E-state index contributed by atoms with van der Waals surface area (Å²) in [4.78, 5) is 46.3. The number of hydrogen-bond acceptors (Lipinski definition) is 3. The summed E-state index contributed by atoms with van der Waals surface area (Å²) in [5, 5.41) is 3.08. The lowest BCUT2D eigenvalue weighted by atomic mass is 9.91. The number of likely N-dealkylation sites (tertiary alicyclic amines) is 1. The van der Waals surface area contributed by atoms with E-state index in [2.05, 4.69) is 11.4 Å². The maximum absolute atomic E-state index is 14.1. The van der Waals surface area contributed by atoms with Gasteiger partial charge in [0.05, 0.1) is 23.9 Å². The van der Waals surface area contributed by atoms with Gasteiger partial charge in [0.15, 0.2) is 0 Å². The van der Waals surface area contributed by atoms with E-state index in [-0.39, 0.29) is 24.4 Å². The number of carbonyl (C=O) groups is 3. The lowest BCUT2D eigenvalue weighted by Gasteiger charge is -2.33. The van der Waals surface area contributed by atoms with Crippen LogP contribution in [0.3, 0.4) is 0 Å². The molecule has 3 aliphatic heterocycles. The van der Waals surface area contributed by atoms with E-state index < -0.39 is 12.1 Å². The number of likely N-dealkylation sites (N-methyl/N-ethyl adjacent to an activating group) is 1. The van der Waals surface area contributed by atoms with Gasteiger partial charge in [-0.3, -0.25) is 14.5 Å². The molecular weight excluding hydrogens is 452 g/mol. The molecular formula is C29H34N4O3. The Morgan fingerprint density at radius 2 is 1.78 bits per heavy atom. The van der Waals surface area contributed by atoms with Crippen LogP contribution < -0.4 is 5.32 Å². The van der Waals surface area contributed by atoms with E-state index >= 15 is 0 Å². The van der Waals surface area contributed by atoms with Crippen LogP contribution in [0.1, 0.15) is 48.1 Å². The van der Waals surface area contributed by atoms with Gasteiger partial charge in [0, 0.05) is 26.1 Å². The Bertz CT molecular complexity index is 1220. The Kier molecular flexibility index (Phi) is 6.56. The van der Waals surface area contributed by atoms with Crippen molar-refractivity contribution in [2.75, 3.05) is 26.2 Å². The topological polar surface area (TPSA) is 73.0 Å². The summed E-state index contributed by atoms with van der Waals surface area (Å²) in [6.45, 7) is 8.11. The molecule has 0 saturated carbocycles. The predicted octanol–water partition coefficient (Wildman–Crippen LogP) is 3.72. The molecule has 3 heterocycles. The zero-order chi connectivity index (χ0) is 25.4. The van der Waals surface area contributed by atoms with E-state index in [0.717, 1.165) is 48.2 Å². The van der Waals surface area contributed by atoms with E-state index in [1.165, 1.54) is 0 Å². The van der Waals surface area contributed by atoms with E-state index in [9.17, 15) is 14.4 Å². The number of hydrogen-bond donors (Lipinski definition) is 1. The third-order valence-electron chi connectivity index (χ3n) is 7.65. The van der Waals surface area contributed by atoms with Gasteiger partial charge in [0.25, 0.3) is 5.91 Å². The van der Waals surface area contributed by atoms with Gasteiger partial charge in [-0.15, -0.1) is 0 Å².